The highest BCUT2D eigenvalue weighted by Crippen LogP contribution is 2.00. The summed E-state index contributed by atoms with van der Waals surface area (Å²) in [6, 6.07) is 4.95. The van der Waals surface area contributed by atoms with Crippen LogP contribution in [-0.2, 0) is 0 Å². The minimum Gasteiger partial charge on any atom is -0.399 e. The second kappa shape index (κ2) is 5.00. The van der Waals surface area contributed by atoms with Gasteiger partial charge in [-0.2, -0.15) is 0 Å². The SMILES string of the molecule is C=C(/C=C\C(N)=C/C)n1ccccc1=O. The molecule has 0 fully saturated rings. The van der Waals surface area contributed by atoms with Gasteiger partial charge in [0.05, 0.1) is 0 Å². The molecule has 2 N–H and O–H groups in total. The quantitative estimate of drug-likeness (QED) is 0.759. The van der Waals surface area contributed by atoms with Gasteiger partial charge in [-0.1, -0.05) is 18.7 Å². The topological polar surface area (TPSA) is 48.0 Å². The summed E-state index contributed by atoms with van der Waals surface area (Å²) in [6.07, 6.45) is 6.86. The molecule has 78 valence electrons. The van der Waals surface area contributed by atoms with Crippen LogP contribution in [0.2, 0.25) is 0 Å². The van der Waals surface area contributed by atoms with E-state index in [0.717, 1.165) is 0 Å². The number of aromatic nitrogens is 1. The fraction of sp³-hybridized carbons (Fsp3) is 0.0833. The Morgan fingerprint density at radius 3 is 2.80 bits per heavy atom. The van der Waals surface area contributed by atoms with E-state index in [2.05, 4.69) is 6.58 Å². The van der Waals surface area contributed by atoms with Gasteiger partial charge in [-0.15, -0.1) is 0 Å². The van der Waals surface area contributed by atoms with Crippen molar-refractivity contribution in [3.63, 3.8) is 0 Å². The van der Waals surface area contributed by atoms with Crippen LogP contribution in [0.5, 0.6) is 0 Å². The molecule has 0 atom stereocenters. The fourth-order valence-electron chi connectivity index (χ4n) is 1.03. The first kappa shape index (κ1) is 11.0. The molecule has 0 radical (unpaired) electrons. The molecule has 0 aromatic carbocycles. The Hall–Kier alpha value is -2.03. The highest BCUT2D eigenvalue weighted by molar-refractivity contribution is 5.55. The van der Waals surface area contributed by atoms with Crippen LogP contribution in [0.1, 0.15) is 6.92 Å². The van der Waals surface area contributed by atoms with Gasteiger partial charge in [0.1, 0.15) is 0 Å². The zero-order valence-corrected chi connectivity index (χ0v) is 8.68. The summed E-state index contributed by atoms with van der Waals surface area (Å²) >= 11 is 0. The molecule has 0 aliphatic carbocycles. The van der Waals surface area contributed by atoms with E-state index in [-0.39, 0.29) is 5.56 Å². The molecule has 1 aromatic rings. The molecule has 1 heterocycles. The van der Waals surface area contributed by atoms with Crippen LogP contribution < -0.4 is 11.3 Å². The molecule has 0 amide bonds. The third-order valence-corrected chi connectivity index (χ3v) is 1.93. The summed E-state index contributed by atoms with van der Waals surface area (Å²) in [4.78, 5) is 11.4. The van der Waals surface area contributed by atoms with Gasteiger partial charge in [-0.25, -0.2) is 0 Å². The van der Waals surface area contributed by atoms with Gasteiger partial charge >= 0.3 is 0 Å². The van der Waals surface area contributed by atoms with Crippen molar-refractivity contribution < 1.29 is 0 Å². The van der Waals surface area contributed by atoms with Crippen molar-refractivity contribution >= 4 is 5.70 Å². The smallest absolute Gasteiger partial charge is 0.255 e. The largest absolute Gasteiger partial charge is 0.399 e. The van der Waals surface area contributed by atoms with E-state index in [1.54, 1.807) is 36.6 Å². The predicted molar refractivity (Wildman–Crippen MR) is 63.1 cm³/mol. The Kier molecular flexibility index (Phi) is 3.68. The number of nitrogens with zero attached hydrogens (tertiary/aromatic N) is 1. The van der Waals surface area contributed by atoms with Crippen LogP contribution in [0.4, 0.5) is 0 Å². The second-order valence-electron chi connectivity index (χ2n) is 3.02. The molecule has 0 saturated heterocycles. The van der Waals surface area contributed by atoms with Crippen molar-refractivity contribution in [3.8, 4) is 0 Å². The van der Waals surface area contributed by atoms with Crippen molar-refractivity contribution in [2.75, 3.05) is 0 Å². The van der Waals surface area contributed by atoms with Gasteiger partial charge in [-0.05, 0) is 25.1 Å². The predicted octanol–water partition coefficient (Wildman–Crippen LogP) is 1.74. The number of nitrogens with two attached hydrogens (primary N) is 1. The Morgan fingerprint density at radius 2 is 2.20 bits per heavy atom. The highest BCUT2D eigenvalue weighted by Gasteiger charge is 1.94. The van der Waals surface area contributed by atoms with Gasteiger partial charge in [0.2, 0.25) is 0 Å². The van der Waals surface area contributed by atoms with E-state index < -0.39 is 0 Å². The summed E-state index contributed by atoms with van der Waals surface area (Å²) in [7, 11) is 0. The monoisotopic (exact) mass is 202 g/mol. The van der Waals surface area contributed by atoms with Gasteiger partial charge in [-0.3, -0.25) is 9.36 Å². The summed E-state index contributed by atoms with van der Waals surface area (Å²) in [6.45, 7) is 5.63. The Labute approximate surface area is 88.8 Å². The van der Waals surface area contributed by atoms with Crippen LogP contribution in [0, 0.1) is 0 Å². The lowest BCUT2D eigenvalue weighted by Crippen LogP contribution is -2.15. The van der Waals surface area contributed by atoms with Crippen LogP contribution >= 0.6 is 0 Å². The number of pyridine rings is 1. The zero-order valence-electron chi connectivity index (χ0n) is 8.68. The van der Waals surface area contributed by atoms with E-state index in [0.29, 0.717) is 11.4 Å². The molecule has 0 saturated carbocycles. The molecule has 15 heavy (non-hydrogen) atoms. The standard InChI is InChI=1S/C12H14N2O/c1-3-11(13)8-7-10(2)14-9-5-4-6-12(14)15/h3-9H,2,13H2,1H3/b8-7-,11-3+. The van der Waals surface area contributed by atoms with E-state index in [1.807, 2.05) is 6.92 Å². The molecular weight excluding hydrogens is 188 g/mol. The molecule has 1 aromatic heterocycles. The fourth-order valence-corrected chi connectivity index (χ4v) is 1.03. The first-order chi connectivity index (χ1) is 7.15. The lowest BCUT2D eigenvalue weighted by molar-refractivity contribution is 1.03. The Morgan fingerprint density at radius 1 is 1.47 bits per heavy atom. The third-order valence-electron chi connectivity index (χ3n) is 1.93. The van der Waals surface area contributed by atoms with Crippen molar-refractivity contribution in [3.05, 3.63) is 65.3 Å². The van der Waals surface area contributed by atoms with E-state index in [4.69, 9.17) is 5.73 Å². The van der Waals surface area contributed by atoms with Crippen LogP contribution in [-0.4, -0.2) is 4.57 Å². The lowest BCUT2D eigenvalue weighted by atomic mass is 10.3. The first-order valence-corrected chi connectivity index (χ1v) is 4.62. The highest BCUT2D eigenvalue weighted by atomic mass is 16.1. The maximum Gasteiger partial charge on any atom is 0.255 e. The molecule has 0 unspecified atom stereocenters. The number of allylic oxidation sites excluding steroid dienone is 4. The summed E-state index contributed by atoms with van der Waals surface area (Å²) in [5, 5.41) is 0. The van der Waals surface area contributed by atoms with Crippen LogP contribution in [0.3, 0.4) is 0 Å². The second-order valence-corrected chi connectivity index (χ2v) is 3.02. The molecule has 1 rings (SSSR count). The van der Waals surface area contributed by atoms with E-state index in [1.165, 1.54) is 10.6 Å². The molecule has 0 aliphatic rings. The average Bonchev–Trinajstić information content (AvgIpc) is 2.26. The molecule has 0 aliphatic heterocycles. The maximum atomic E-state index is 11.4. The summed E-state index contributed by atoms with van der Waals surface area (Å²) < 4.78 is 1.46. The first-order valence-electron chi connectivity index (χ1n) is 4.62. The third kappa shape index (κ3) is 2.98. The summed E-state index contributed by atoms with van der Waals surface area (Å²) in [5.74, 6) is 0. The van der Waals surface area contributed by atoms with Gasteiger partial charge in [0.15, 0.2) is 0 Å². The van der Waals surface area contributed by atoms with Gasteiger partial charge in [0.25, 0.3) is 5.56 Å². The van der Waals surface area contributed by atoms with Gasteiger partial charge < -0.3 is 5.73 Å². The molecule has 0 bridgehead atoms. The molecule has 3 heteroatoms. The van der Waals surface area contributed by atoms with Gasteiger partial charge in [0, 0.05) is 23.7 Å². The summed E-state index contributed by atoms with van der Waals surface area (Å²) in [5.41, 5.74) is 6.71. The zero-order chi connectivity index (χ0) is 11.3. The van der Waals surface area contributed by atoms with Crippen LogP contribution in [0.25, 0.3) is 5.70 Å². The Balaban J connectivity index is 2.93. The number of rotatable bonds is 3. The molecule has 0 spiro atoms. The van der Waals surface area contributed by atoms with Crippen molar-refractivity contribution in [1.29, 1.82) is 0 Å². The minimum absolute atomic E-state index is 0.105. The van der Waals surface area contributed by atoms with Crippen molar-refractivity contribution in [2.45, 2.75) is 6.92 Å². The molecular formula is C12H14N2O. The normalized spacial score (nSPS) is 11.9. The lowest BCUT2D eigenvalue weighted by Gasteiger charge is -2.03. The average molecular weight is 202 g/mol. The van der Waals surface area contributed by atoms with E-state index in [9.17, 15) is 4.79 Å². The van der Waals surface area contributed by atoms with Crippen molar-refractivity contribution in [1.82, 2.24) is 4.57 Å². The number of hydrogen-bond donors (Lipinski definition) is 1. The Bertz CT molecular complexity index is 467. The maximum absolute atomic E-state index is 11.4. The van der Waals surface area contributed by atoms with Crippen LogP contribution in [0.15, 0.2) is 59.7 Å². The molecule has 3 nitrogen and oxygen atoms in total. The van der Waals surface area contributed by atoms with Crippen molar-refractivity contribution in [2.24, 2.45) is 5.73 Å². The van der Waals surface area contributed by atoms with E-state index >= 15 is 0 Å². The number of hydrogen-bond acceptors (Lipinski definition) is 2. The minimum atomic E-state index is -0.105.